The van der Waals surface area contributed by atoms with E-state index < -0.39 is 35.0 Å². The molecule has 0 bridgehead atoms. The molecule has 7 rings (SSSR count). The molecule has 2 aromatic heterocycles. The summed E-state index contributed by atoms with van der Waals surface area (Å²) in [5, 5.41) is 2.63. The Balaban J connectivity index is 1.11. The Hall–Kier alpha value is -3.67. The molecule has 2 saturated heterocycles. The van der Waals surface area contributed by atoms with Crippen LogP contribution in [0.1, 0.15) is 85.1 Å². The molecule has 0 spiro atoms. The number of hydrogen-bond donors (Lipinski definition) is 2. The molecule has 14 heteroatoms. The van der Waals surface area contributed by atoms with Crippen LogP contribution in [0.2, 0.25) is 22.2 Å². The first kappa shape index (κ1) is 35.7. The first-order valence-corrected chi connectivity index (χ1v) is 22.0. The van der Waals surface area contributed by atoms with Crippen LogP contribution in [0.25, 0.3) is 22.3 Å². The number of aromatic nitrogens is 4. The van der Waals surface area contributed by atoms with Gasteiger partial charge in [-0.25, -0.2) is 9.78 Å². The summed E-state index contributed by atoms with van der Waals surface area (Å²) in [6, 6.07) is 16.3. The Kier molecular flexibility index (Phi) is 9.60. The molecule has 2 N–H and O–H groups in total. The molecular formula is C37H49N5O7Si2. The fraction of sp³-hybridized carbons (Fsp3) is 0.514. The summed E-state index contributed by atoms with van der Waals surface area (Å²) in [7, 11) is -5.55. The van der Waals surface area contributed by atoms with Gasteiger partial charge in [0.25, 0.3) is 5.56 Å². The lowest BCUT2D eigenvalue weighted by Gasteiger charge is -2.51. The second-order valence-electron chi connectivity index (χ2n) is 15.2. The zero-order valence-electron chi connectivity index (χ0n) is 30.6. The molecular weight excluding hydrogens is 683 g/mol. The fourth-order valence-corrected chi connectivity index (χ4v) is 19.5. The van der Waals surface area contributed by atoms with Gasteiger partial charge in [-0.2, -0.15) is 4.98 Å². The van der Waals surface area contributed by atoms with Gasteiger partial charge in [-0.05, 0) is 44.4 Å². The van der Waals surface area contributed by atoms with Crippen LogP contribution >= 0.6 is 0 Å². The molecule has 12 nitrogen and oxygen atoms in total. The molecule has 2 fully saturated rings. The lowest BCUT2D eigenvalue weighted by Crippen LogP contribution is -2.65. The minimum Gasteiger partial charge on any atom is -0.448 e. The van der Waals surface area contributed by atoms with Crippen molar-refractivity contribution in [3.05, 3.63) is 76.3 Å². The molecule has 1 aliphatic carbocycles. The molecule has 3 aliphatic rings. The number of nitrogens with one attached hydrogen (secondary N) is 2. The highest BCUT2D eigenvalue weighted by Gasteiger charge is 2.60. The predicted octanol–water partition coefficient (Wildman–Crippen LogP) is 7.72. The summed E-state index contributed by atoms with van der Waals surface area (Å²) in [6.07, 6.45) is 0.184. The van der Waals surface area contributed by atoms with Crippen molar-refractivity contribution in [1.82, 2.24) is 19.5 Å². The minimum absolute atomic E-state index is 0.0424. The third-order valence-corrected chi connectivity index (χ3v) is 21.1. The Morgan fingerprint density at radius 1 is 0.922 bits per heavy atom. The first-order chi connectivity index (χ1) is 24.3. The SMILES string of the molecule is CC(C)[Si]1(C(C)C)OCC2OC(n3cnc4c(=O)[nH]c(NC(=O)OCC5c6ccccc6-c6ccccc65)nc43)CC2O[Si](C(C)C)(C(C)C)O1. The summed E-state index contributed by atoms with van der Waals surface area (Å²) >= 11 is 0. The van der Waals surface area contributed by atoms with E-state index in [4.69, 9.17) is 22.4 Å². The van der Waals surface area contributed by atoms with E-state index in [1.165, 1.54) is 0 Å². The van der Waals surface area contributed by atoms with Crippen LogP contribution in [-0.4, -0.2) is 68.2 Å². The Labute approximate surface area is 300 Å². The maximum absolute atomic E-state index is 13.2. The molecule has 272 valence electrons. The van der Waals surface area contributed by atoms with E-state index in [0.29, 0.717) is 13.0 Å². The van der Waals surface area contributed by atoms with Crippen molar-refractivity contribution in [2.24, 2.45) is 0 Å². The summed E-state index contributed by atoms with van der Waals surface area (Å²) < 4.78 is 35.5. The van der Waals surface area contributed by atoms with Crippen LogP contribution in [0, 0.1) is 0 Å². The van der Waals surface area contributed by atoms with Crippen LogP contribution in [0.5, 0.6) is 0 Å². The van der Waals surface area contributed by atoms with Gasteiger partial charge in [0.05, 0.1) is 19.0 Å². The van der Waals surface area contributed by atoms with E-state index in [1.807, 2.05) is 24.3 Å². The van der Waals surface area contributed by atoms with Gasteiger partial charge in [-0.3, -0.25) is 19.7 Å². The smallest absolute Gasteiger partial charge is 0.414 e. The van der Waals surface area contributed by atoms with Crippen molar-refractivity contribution in [2.75, 3.05) is 18.5 Å². The average Bonchev–Trinajstić information content (AvgIpc) is 3.77. The molecule has 4 heterocycles. The Morgan fingerprint density at radius 2 is 1.53 bits per heavy atom. The number of aromatic amines is 1. The maximum Gasteiger partial charge on any atom is 0.414 e. The Bertz CT molecular complexity index is 1920. The quantitative estimate of drug-likeness (QED) is 0.174. The predicted molar refractivity (Wildman–Crippen MR) is 199 cm³/mol. The number of hydrogen-bond acceptors (Lipinski definition) is 9. The number of benzene rings is 2. The van der Waals surface area contributed by atoms with Crippen LogP contribution in [-0.2, 0) is 22.4 Å². The van der Waals surface area contributed by atoms with E-state index in [-0.39, 0.29) is 64.0 Å². The molecule has 2 aromatic carbocycles. The third kappa shape index (κ3) is 6.19. The number of rotatable bonds is 8. The highest BCUT2D eigenvalue weighted by atomic mass is 28.5. The number of imidazole rings is 1. The number of anilines is 1. The highest BCUT2D eigenvalue weighted by molar-refractivity contribution is 6.84. The number of carbonyl (C=O) groups excluding carboxylic acids is 1. The van der Waals surface area contributed by atoms with Gasteiger partial charge in [-0.1, -0.05) is 104 Å². The summed E-state index contributed by atoms with van der Waals surface area (Å²) in [6.45, 7) is 18.0. The van der Waals surface area contributed by atoms with E-state index in [1.54, 1.807) is 10.9 Å². The van der Waals surface area contributed by atoms with Gasteiger partial charge in [0.2, 0.25) is 5.95 Å². The number of carbonyl (C=O) groups is 1. The molecule has 3 unspecified atom stereocenters. The van der Waals surface area contributed by atoms with Crippen LogP contribution in [0.15, 0.2) is 59.7 Å². The lowest BCUT2D eigenvalue weighted by atomic mass is 9.98. The second-order valence-corrected chi connectivity index (χ2v) is 24.0. The van der Waals surface area contributed by atoms with Crippen molar-refractivity contribution in [3.63, 3.8) is 0 Å². The van der Waals surface area contributed by atoms with Crippen molar-refractivity contribution in [2.45, 2.75) is 108 Å². The summed E-state index contributed by atoms with van der Waals surface area (Å²) in [5.41, 5.74) is 5.23. The second kappa shape index (κ2) is 13.7. The van der Waals surface area contributed by atoms with Gasteiger partial charge in [0.15, 0.2) is 11.2 Å². The van der Waals surface area contributed by atoms with Gasteiger partial charge in [0.1, 0.15) is 18.9 Å². The topological polar surface area (TPSA) is 139 Å². The lowest BCUT2D eigenvalue weighted by molar-refractivity contribution is -0.0544. The average molecular weight is 732 g/mol. The third-order valence-electron chi connectivity index (χ3n) is 10.8. The molecule has 51 heavy (non-hydrogen) atoms. The number of nitrogens with zero attached hydrogens (tertiary/aromatic N) is 3. The molecule has 3 atom stereocenters. The maximum atomic E-state index is 13.2. The van der Waals surface area contributed by atoms with Crippen molar-refractivity contribution in [1.29, 1.82) is 0 Å². The summed E-state index contributed by atoms with van der Waals surface area (Å²) in [4.78, 5) is 37.9. The van der Waals surface area contributed by atoms with Crippen LogP contribution < -0.4 is 10.9 Å². The number of amides is 1. The van der Waals surface area contributed by atoms with Crippen molar-refractivity contribution < 1.29 is 27.2 Å². The zero-order valence-corrected chi connectivity index (χ0v) is 32.6. The zero-order chi connectivity index (χ0) is 36.2. The van der Waals surface area contributed by atoms with Crippen molar-refractivity contribution in [3.8, 4) is 11.1 Å². The van der Waals surface area contributed by atoms with E-state index in [0.717, 1.165) is 22.3 Å². The van der Waals surface area contributed by atoms with E-state index in [2.05, 4.69) is 99.9 Å². The van der Waals surface area contributed by atoms with Crippen LogP contribution in [0.4, 0.5) is 10.7 Å². The fourth-order valence-electron chi connectivity index (χ4n) is 8.23. The van der Waals surface area contributed by atoms with E-state index in [9.17, 15) is 9.59 Å². The number of H-pyrrole nitrogens is 1. The minimum atomic E-state index is -2.83. The molecule has 4 aromatic rings. The molecule has 1 amide bonds. The van der Waals surface area contributed by atoms with Gasteiger partial charge in [-0.15, -0.1) is 0 Å². The van der Waals surface area contributed by atoms with Crippen LogP contribution in [0.3, 0.4) is 0 Å². The number of ether oxygens (including phenoxy) is 2. The molecule has 2 aliphatic heterocycles. The molecule has 0 saturated carbocycles. The largest absolute Gasteiger partial charge is 0.448 e. The normalized spacial score (nSPS) is 22.6. The van der Waals surface area contributed by atoms with Gasteiger partial charge in [0, 0.05) is 12.3 Å². The highest BCUT2D eigenvalue weighted by Crippen LogP contribution is 2.49. The molecule has 0 radical (unpaired) electrons. The van der Waals surface area contributed by atoms with Gasteiger partial charge >= 0.3 is 23.2 Å². The number of fused-ring (bicyclic) bond motifs is 5. The first-order valence-electron chi connectivity index (χ1n) is 18.1. The standard InChI is InChI=1S/C37H49N5O7Si2/c1-21(2)50(22(3)4)46-19-31-30(48-51(49-50,23(5)6)24(7)8)17-32(47-31)42-20-38-33-34(42)39-36(40-35(33)43)41-37(44)45-18-29-27-15-11-9-13-25(27)26-14-10-12-16-28(26)29/h9-16,20-24,29-32H,17-19H2,1-8H3,(H2,39,40,41,43,44). The van der Waals surface area contributed by atoms with Gasteiger partial charge < -0.3 is 22.4 Å². The van der Waals surface area contributed by atoms with Crippen molar-refractivity contribution >= 4 is 40.3 Å². The van der Waals surface area contributed by atoms with E-state index >= 15 is 0 Å². The monoisotopic (exact) mass is 731 g/mol. The summed E-state index contributed by atoms with van der Waals surface area (Å²) in [5.74, 6) is -0.145. The Morgan fingerprint density at radius 3 is 2.14 bits per heavy atom.